The summed E-state index contributed by atoms with van der Waals surface area (Å²) in [6.07, 6.45) is 1.77. The third-order valence-corrected chi connectivity index (χ3v) is 4.15. The van der Waals surface area contributed by atoms with Gasteiger partial charge in [0.15, 0.2) is 0 Å². The van der Waals surface area contributed by atoms with Gasteiger partial charge in [-0.1, -0.05) is 6.92 Å². The quantitative estimate of drug-likeness (QED) is 0.716. The van der Waals surface area contributed by atoms with Crippen LogP contribution in [0.5, 0.6) is 5.75 Å². The number of aliphatic carboxylic acids is 1. The van der Waals surface area contributed by atoms with Crippen LogP contribution >= 0.6 is 0 Å². The number of ether oxygens (including phenoxy) is 1. The van der Waals surface area contributed by atoms with Crippen molar-refractivity contribution in [1.82, 2.24) is 10.2 Å². The summed E-state index contributed by atoms with van der Waals surface area (Å²) in [4.78, 5) is 24.5. The number of rotatable bonds is 9. The number of halogens is 1. The Balaban J connectivity index is 1.62. The summed E-state index contributed by atoms with van der Waals surface area (Å²) >= 11 is 0. The molecule has 0 atom stereocenters. The average Bonchev–Trinajstić information content (AvgIpc) is 2.50. The Morgan fingerprint density at radius 2 is 2.00 bits per heavy atom. The average molecular weight is 338 g/mol. The largest absolute Gasteiger partial charge is 0.493 e. The van der Waals surface area contributed by atoms with E-state index >= 15 is 0 Å². The monoisotopic (exact) mass is 338 g/mol. The molecule has 0 bridgehead atoms. The molecule has 2 N–H and O–H groups in total. The molecule has 0 heterocycles. The molecule has 1 aliphatic carbocycles. The first-order valence-electron chi connectivity index (χ1n) is 8.11. The van der Waals surface area contributed by atoms with Crippen molar-refractivity contribution in [2.45, 2.75) is 38.3 Å². The Morgan fingerprint density at radius 1 is 1.33 bits per heavy atom. The molecular formula is C17H23FN2O4. The van der Waals surface area contributed by atoms with Crippen molar-refractivity contribution in [3.05, 3.63) is 30.1 Å². The van der Waals surface area contributed by atoms with E-state index in [2.05, 4.69) is 5.32 Å². The molecule has 132 valence electrons. The molecule has 0 unspecified atom stereocenters. The van der Waals surface area contributed by atoms with E-state index in [4.69, 9.17) is 9.84 Å². The number of amides is 1. The lowest BCUT2D eigenvalue weighted by Gasteiger charge is -2.42. The van der Waals surface area contributed by atoms with Crippen molar-refractivity contribution in [2.24, 2.45) is 0 Å². The van der Waals surface area contributed by atoms with Crippen LogP contribution in [0.2, 0.25) is 0 Å². The van der Waals surface area contributed by atoms with Crippen molar-refractivity contribution in [1.29, 1.82) is 0 Å². The van der Waals surface area contributed by atoms with E-state index in [-0.39, 0.29) is 43.4 Å². The van der Waals surface area contributed by atoms with E-state index in [1.807, 2.05) is 11.8 Å². The molecule has 0 spiro atoms. The van der Waals surface area contributed by atoms with Crippen molar-refractivity contribution in [3.8, 4) is 5.75 Å². The molecule has 6 nitrogen and oxygen atoms in total. The van der Waals surface area contributed by atoms with Crippen LogP contribution in [0.4, 0.5) is 4.39 Å². The summed E-state index contributed by atoms with van der Waals surface area (Å²) in [7, 11) is 0. The molecule has 0 radical (unpaired) electrons. The number of nitrogens with one attached hydrogen (secondary N) is 1. The van der Waals surface area contributed by atoms with E-state index in [9.17, 15) is 14.0 Å². The molecular weight excluding hydrogens is 315 g/mol. The summed E-state index contributed by atoms with van der Waals surface area (Å²) in [6.45, 7) is 2.88. The lowest BCUT2D eigenvalue weighted by atomic mass is 9.85. The number of carboxylic acid groups (broad SMARTS) is 1. The third-order valence-electron chi connectivity index (χ3n) is 4.15. The van der Waals surface area contributed by atoms with Crippen molar-refractivity contribution < 1.29 is 23.8 Å². The van der Waals surface area contributed by atoms with Crippen LogP contribution in [0.1, 0.15) is 26.2 Å². The van der Waals surface area contributed by atoms with Crippen molar-refractivity contribution in [2.75, 3.05) is 19.7 Å². The van der Waals surface area contributed by atoms with E-state index in [1.54, 1.807) is 0 Å². The van der Waals surface area contributed by atoms with Gasteiger partial charge in [0.2, 0.25) is 5.91 Å². The molecule has 1 aromatic rings. The van der Waals surface area contributed by atoms with Crippen LogP contribution in [-0.2, 0) is 9.59 Å². The minimum atomic E-state index is -0.831. The Labute approximate surface area is 140 Å². The molecule has 0 saturated heterocycles. The van der Waals surface area contributed by atoms with Gasteiger partial charge in [0.1, 0.15) is 11.6 Å². The van der Waals surface area contributed by atoms with Gasteiger partial charge in [0.05, 0.1) is 19.6 Å². The van der Waals surface area contributed by atoms with E-state index in [0.29, 0.717) is 12.3 Å². The Kier molecular flexibility index (Phi) is 6.54. The minimum Gasteiger partial charge on any atom is -0.493 e. The number of carbonyl (C=O) groups excluding carboxylic acids is 1. The molecule has 0 aromatic heterocycles. The maximum atomic E-state index is 12.8. The van der Waals surface area contributed by atoms with Gasteiger partial charge in [-0.05, 0) is 43.7 Å². The van der Waals surface area contributed by atoms with Gasteiger partial charge in [-0.3, -0.25) is 14.5 Å². The summed E-state index contributed by atoms with van der Waals surface area (Å²) < 4.78 is 18.1. The van der Waals surface area contributed by atoms with Gasteiger partial charge in [-0.2, -0.15) is 0 Å². The normalized spacial score (nSPS) is 19.6. The molecule has 1 amide bonds. The predicted octanol–water partition coefficient (Wildman–Crippen LogP) is 1.65. The number of nitrogens with zero attached hydrogens (tertiary/aromatic N) is 1. The fourth-order valence-electron chi connectivity index (χ4n) is 2.77. The number of benzene rings is 1. The highest BCUT2D eigenvalue weighted by Crippen LogP contribution is 2.25. The maximum absolute atomic E-state index is 12.8. The Bertz CT molecular complexity index is 558. The molecule has 1 aliphatic rings. The molecule has 1 fully saturated rings. The van der Waals surface area contributed by atoms with Crippen molar-refractivity contribution >= 4 is 11.9 Å². The molecule has 1 aromatic carbocycles. The number of hydrogen-bond acceptors (Lipinski definition) is 4. The molecule has 24 heavy (non-hydrogen) atoms. The molecule has 0 aliphatic heterocycles. The van der Waals surface area contributed by atoms with Crippen LogP contribution in [0, 0.1) is 5.82 Å². The highest BCUT2D eigenvalue weighted by atomic mass is 19.1. The maximum Gasteiger partial charge on any atom is 0.317 e. The molecule has 7 heteroatoms. The van der Waals surface area contributed by atoms with Gasteiger partial charge in [0.25, 0.3) is 0 Å². The first-order valence-corrected chi connectivity index (χ1v) is 8.11. The SMILES string of the molecule is CCN(CC(=O)O)C1CC(NC(=O)CCOc2ccc(F)cc2)C1. The standard InChI is InChI=1S/C17H23FN2O4/c1-2-20(11-17(22)23)14-9-13(10-14)19-16(21)7-8-24-15-5-3-12(18)4-6-15/h3-6,13-14H,2,7-11H2,1H3,(H,19,21)(H,22,23). The lowest BCUT2D eigenvalue weighted by Crippen LogP contribution is -2.54. The number of carbonyl (C=O) groups is 2. The smallest absolute Gasteiger partial charge is 0.317 e. The second-order valence-corrected chi connectivity index (χ2v) is 5.90. The highest BCUT2D eigenvalue weighted by molar-refractivity contribution is 5.76. The van der Waals surface area contributed by atoms with Gasteiger partial charge in [-0.15, -0.1) is 0 Å². The summed E-state index contributed by atoms with van der Waals surface area (Å²) in [5.74, 6) is -0.729. The van der Waals surface area contributed by atoms with Crippen LogP contribution in [0.3, 0.4) is 0 Å². The Morgan fingerprint density at radius 3 is 2.58 bits per heavy atom. The first-order chi connectivity index (χ1) is 11.5. The van der Waals surface area contributed by atoms with E-state index < -0.39 is 5.97 Å². The van der Waals surface area contributed by atoms with Gasteiger partial charge in [0, 0.05) is 12.1 Å². The predicted molar refractivity (Wildman–Crippen MR) is 86.3 cm³/mol. The van der Waals surface area contributed by atoms with Crippen LogP contribution in [-0.4, -0.2) is 53.7 Å². The van der Waals surface area contributed by atoms with Gasteiger partial charge in [-0.25, -0.2) is 4.39 Å². The summed E-state index contributed by atoms with van der Waals surface area (Å²) in [6, 6.07) is 5.96. The number of carboxylic acids is 1. The van der Waals surface area contributed by atoms with E-state index in [0.717, 1.165) is 12.8 Å². The zero-order valence-electron chi connectivity index (χ0n) is 13.7. The zero-order valence-corrected chi connectivity index (χ0v) is 13.7. The number of likely N-dealkylation sites (N-methyl/N-ethyl adjacent to an activating group) is 1. The summed E-state index contributed by atoms with van der Waals surface area (Å²) in [5, 5.41) is 11.8. The second kappa shape index (κ2) is 8.63. The molecule has 1 saturated carbocycles. The van der Waals surface area contributed by atoms with Crippen LogP contribution in [0.15, 0.2) is 24.3 Å². The lowest BCUT2D eigenvalue weighted by molar-refractivity contribution is -0.139. The van der Waals surface area contributed by atoms with Gasteiger partial charge >= 0.3 is 5.97 Å². The topological polar surface area (TPSA) is 78.9 Å². The third kappa shape index (κ3) is 5.49. The van der Waals surface area contributed by atoms with Crippen molar-refractivity contribution in [3.63, 3.8) is 0 Å². The fourth-order valence-corrected chi connectivity index (χ4v) is 2.77. The fraction of sp³-hybridized carbons (Fsp3) is 0.529. The highest BCUT2D eigenvalue weighted by Gasteiger charge is 2.34. The first kappa shape index (κ1) is 18.2. The minimum absolute atomic E-state index is 0.0351. The molecule has 2 rings (SSSR count). The Hall–Kier alpha value is -2.15. The zero-order chi connectivity index (χ0) is 17.5. The summed E-state index contributed by atoms with van der Waals surface area (Å²) in [5.41, 5.74) is 0. The van der Waals surface area contributed by atoms with Crippen LogP contribution < -0.4 is 10.1 Å². The van der Waals surface area contributed by atoms with Crippen LogP contribution in [0.25, 0.3) is 0 Å². The van der Waals surface area contributed by atoms with Gasteiger partial charge < -0.3 is 15.2 Å². The number of hydrogen-bond donors (Lipinski definition) is 2. The second-order valence-electron chi connectivity index (χ2n) is 5.90. The van der Waals surface area contributed by atoms with E-state index in [1.165, 1.54) is 24.3 Å².